The fourth-order valence-corrected chi connectivity index (χ4v) is 1.20. The Bertz CT molecular complexity index is 555. The number of hydrogen-bond acceptors (Lipinski definition) is 4. The van der Waals surface area contributed by atoms with Crippen molar-refractivity contribution < 1.29 is 75.1 Å². The summed E-state index contributed by atoms with van der Waals surface area (Å²) >= 11 is 0. The van der Waals surface area contributed by atoms with Crippen LogP contribution >= 0.6 is 0 Å². The van der Waals surface area contributed by atoms with Gasteiger partial charge in [0, 0.05) is 0 Å². The molecule has 0 radical (unpaired) electrons. The van der Waals surface area contributed by atoms with Crippen LogP contribution in [0.1, 0.15) is 0 Å². The van der Waals surface area contributed by atoms with Gasteiger partial charge in [0.25, 0.3) is 0 Å². The normalized spacial score (nSPS) is 17.9. The molecule has 18 heteroatoms. The van der Waals surface area contributed by atoms with Crippen LogP contribution in [0.2, 0.25) is 0 Å². The van der Waals surface area contributed by atoms with Crippen LogP contribution in [-0.2, 0) is 19.6 Å². The summed E-state index contributed by atoms with van der Waals surface area (Å²) in [6, 6.07) is 0. The molecule has 0 saturated carbocycles. The molecule has 1 unspecified atom stereocenters. The van der Waals surface area contributed by atoms with Crippen LogP contribution in [-0.4, -0.2) is 49.1 Å². The summed E-state index contributed by atoms with van der Waals surface area (Å²) in [5.41, 5.74) is 0. The molecule has 0 saturated heterocycles. The summed E-state index contributed by atoms with van der Waals surface area (Å²) in [5.74, 6) is -7.37. The van der Waals surface area contributed by atoms with Gasteiger partial charge in [-0.2, -0.15) is 61.1 Å². The van der Waals surface area contributed by atoms with Crippen molar-refractivity contribution >= 4 is 10.1 Å². The van der Waals surface area contributed by atoms with E-state index >= 15 is 0 Å². The molecule has 0 aromatic carbocycles. The van der Waals surface area contributed by atoms with E-state index in [0.717, 1.165) is 0 Å². The van der Waals surface area contributed by atoms with Crippen molar-refractivity contribution in [2.45, 2.75) is 36.1 Å². The van der Waals surface area contributed by atoms with Gasteiger partial charge in [0.05, 0.1) is 0 Å². The molecule has 5 nitrogen and oxygen atoms in total. The first-order valence-electron chi connectivity index (χ1n) is 4.64. The molecule has 0 amide bonds. The van der Waals surface area contributed by atoms with Gasteiger partial charge in [-0.15, -0.1) is 0 Å². The second kappa shape index (κ2) is 6.06. The molecule has 1 N–H and O–H groups in total. The van der Waals surface area contributed by atoms with Crippen LogP contribution in [0.4, 0.5) is 52.7 Å². The Morgan fingerprint density at radius 3 is 1.42 bits per heavy atom. The summed E-state index contributed by atoms with van der Waals surface area (Å²) < 4.78 is 180. The Hall–Kier alpha value is -1.01. The maximum absolute atomic E-state index is 13.2. The van der Waals surface area contributed by atoms with Crippen LogP contribution in [0.25, 0.3) is 0 Å². The molecule has 0 spiro atoms. The monoisotopic (exact) mass is 414 g/mol. The van der Waals surface area contributed by atoms with E-state index in [2.05, 4.69) is 0 Å². The molecule has 146 valence electrons. The molecular formula is C6H2F12O5S. The minimum absolute atomic E-state index is 1.52. The maximum atomic E-state index is 13.2. The first-order valence-corrected chi connectivity index (χ1v) is 6.08. The van der Waals surface area contributed by atoms with Crippen LogP contribution in [0, 0.1) is 0 Å². The van der Waals surface area contributed by atoms with Crippen molar-refractivity contribution in [3.8, 4) is 0 Å². The van der Waals surface area contributed by atoms with Gasteiger partial charge in [-0.05, 0) is 0 Å². The van der Waals surface area contributed by atoms with Crippen LogP contribution in [0.15, 0.2) is 0 Å². The van der Waals surface area contributed by atoms with E-state index < -0.39 is 46.2 Å². The Morgan fingerprint density at radius 2 is 1.17 bits per heavy atom. The molecule has 0 aromatic heterocycles. The fourth-order valence-electron chi connectivity index (χ4n) is 0.856. The molecule has 24 heavy (non-hydrogen) atoms. The van der Waals surface area contributed by atoms with Crippen molar-refractivity contribution in [3.63, 3.8) is 0 Å². The second-order valence-corrected chi connectivity index (χ2v) is 5.06. The zero-order valence-electron chi connectivity index (χ0n) is 10.1. The highest BCUT2D eigenvalue weighted by atomic mass is 32.2. The lowest BCUT2D eigenvalue weighted by Gasteiger charge is -2.36. The maximum Gasteiger partial charge on any atom is 0.460 e. The van der Waals surface area contributed by atoms with E-state index in [1.165, 1.54) is 4.74 Å². The van der Waals surface area contributed by atoms with Gasteiger partial charge in [-0.1, -0.05) is 0 Å². The molecule has 0 aliphatic carbocycles. The quantitative estimate of drug-likeness (QED) is 0.512. The largest absolute Gasteiger partial charge is 0.460 e. The van der Waals surface area contributed by atoms with E-state index in [4.69, 9.17) is 4.55 Å². The van der Waals surface area contributed by atoms with Crippen molar-refractivity contribution in [1.29, 1.82) is 0 Å². The minimum Gasteiger partial charge on any atom is -0.281 e. The number of halogens is 12. The van der Waals surface area contributed by atoms with Gasteiger partial charge in [0.1, 0.15) is 0 Å². The number of alkyl halides is 12. The number of ether oxygens (including phenoxy) is 2. The lowest BCUT2D eigenvalue weighted by Crippen LogP contribution is -2.64. The van der Waals surface area contributed by atoms with E-state index in [1.54, 1.807) is 4.74 Å². The minimum atomic E-state index is -7.41. The highest BCUT2D eigenvalue weighted by molar-refractivity contribution is 7.86. The summed E-state index contributed by atoms with van der Waals surface area (Å²) in [6.07, 6.45) is -21.8. The Labute approximate surface area is 122 Å². The summed E-state index contributed by atoms with van der Waals surface area (Å²) in [7, 11) is -7.32. The standard InChI is InChI=1S/C6H2F12O5S/c7-1(8)22-4(13,14)2(9,3(10,11)12)23-5(15,16)6(17,18)24(19,20)21/h1H,(H,19,20,21). The zero-order valence-corrected chi connectivity index (χ0v) is 10.9. The third kappa shape index (κ3) is 3.97. The highest BCUT2D eigenvalue weighted by Crippen LogP contribution is 2.53. The molecular weight excluding hydrogens is 412 g/mol. The van der Waals surface area contributed by atoms with Gasteiger partial charge in [-0.25, -0.2) is 0 Å². The average Bonchev–Trinajstić information content (AvgIpc) is 2.22. The molecule has 0 aliphatic rings. The van der Waals surface area contributed by atoms with Crippen LogP contribution in [0.5, 0.6) is 0 Å². The van der Waals surface area contributed by atoms with Gasteiger partial charge >= 0.3 is 46.2 Å². The van der Waals surface area contributed by atoms with E-state index in [9.17, 15) is 61.1 Å². The highest BCUT2D eigenvalue weighted by Gasteiger charge is 2.82. The smallest absolute Gasteiger partial charge is 0.281 e. The predicted molar refractivity (Wildman–Crippen MR) is 44.5 cm³/mol. The molecule has 0 heterocycles. The zero-order chi connectivity index (χ0) is 20.0. The third-order valence-electron chi connectivity index (χ3n) is 1.91. The van der Waals surface area contributed by atoms with Gasteiger partial charge in [0.2, 0.25) is 0 Å². The average molecular weight is 414 g/mol. The summed E-state index contributed by atoms with van der Waals surface area (Å²) in [4.78, 5) is 0. The van der Waals surface area contributed by atoms with E-state index in [1.807, 2.05) is 0 Å². The SMILES string of the molecule is O=S(=O)(O)C(F)(F)C(F)(F)OC(F)(C(F)(F)F)C(F)(F)OC(F)F. The van der Waals surface area contributed by atoms with Gasteiger partial charge in [-0.3, -0.25) is 14.0 Å². The number of hydrogen-bond donors (Lipinski definition) is 1. The Morgan fingerprint density at radius 1 is 0.792 bits per heavy atom. The fraction of sp³-hybridized carbons (Fsp3) is 1.00. The van der Waals surface area contributed by atoms with Crippen LogP contribution in [0.3, 0.4) is 0 Å². The van der Waals surface area contributed by atoms with Crippen LogP contribution < -0.4 is 0 Å². The summed E-state index contributed by atoms with van der Waals surface area (Å²) in [5, 5.41) is -7.08. The molecule has 0 fully saturated rings. The second-order valence-electron chi connectivity index (χ2n) is 3.60. The van der Waals surface area contributed by atoms with Gasteiger partial charge < -0.3 is 0 Å². The van der Waals surface area contributed by atoms with Crippen molar-refractivity contribution in [1.82, 2.24) is 0 Å². The first kappa shape index (κ1) is 23.0. The van der Waals surface area contributed by atoms with Crippen molar-refractivity contribution in [2.24, 2.45) is 0 Å². The van der Waals surface area contributed by atoms with Gasteiger partial charge in [0.15, 0.2) is 0 Å². The van der Waals surface area contributed by atoms with E-state index in [-0.39, 0.29) is 0 Å². The molecule has 1 atom stereocenters. The number of rotatable bonds is 7. The van der Waals surface area contributed by atoms with Crippen molar-refractivity contribution in [2.75, 3.05) is 0 Å². The van der Waals surface area contributed by atoms with E-state index in [0.29, 0.717) is 0 Å². The topological polar surface area (TPSA) is 72.8 Å². The Kier molecular flexibility index (Phi) is 5.80. The summed E-state index contributed by atoms with van der Waals surface area (Å²) in [6.45, 7) is -4.93. The Balaban J connectivity index is 6.19. The molecule has 0 aromatic rings. The molecule has 0 bridgehead atoms. The lowest BCUT2D eigenvalue weighted by molar-refractivity contribution is -0.524. The predicted octanol–water partition coefficient (Wildman–Crippen LogP) is 3.14. The lowest BCUT2D eigenvalue weighted by atomic mass is 10.2. The first-order chi connectivity index (χ1) is 10.1. The molecule has 0 aliphatic heterocycles. The molecule has 0 rings (SSSR count). The van der Waals surface area contributed by atoms with Crippen molar-refractivity contribution in [3.05, 3.63) is 0 Å². The third-order valence-corrected chi connectivity index (χ3v) is 2.79.